The molecule has 1 atom stereocenters. The van der Waals surface area contributed by atoms with Crippen molar-refractivity contribution >= 4 is 11.2 Å². The Hall–Kier alpha value is -2.71. The molecular weight excluding hydrogens is 406 g/mol. The first-order chi connectivity index (χ1) is 15.6. The van der Waals surface area contributed by atoms with E-state index >= 15 is 0 Å². The fourth-order valence-electron chi connectivity index (χ4n) is 4.67. The van der Waals surface area contributed by atoms with Crippen molar-refractivity contribution in [2.45, 2.75) is 52.2 Å². The Bertz CT molecular complexity index is 1150. The van der Waals surface area contributed by atoms with E-state index in [0.717, 1.165) is 50.3 Å². The van der Waals surface area contributed by atoms with Gasteiger partial charge in [-0.2, -0.15) is 0 Å². The molecule has 172 valence electrons. The fourth-order valence-corrected chi connectivity index (χ4v) is 4.67. The number of unbranched alkanes of at least 4 members (excludes halogenated alkanes) is 1. The lowest BCUT2D eigenvalue weighted by Crippen LogP contribution is -2.37. The molecule has 0 bridgehead atoms. The summed E-state index contributed by atoms with van der Waals surface area (Å²) in [5, 5.41) is 0. The lowest BCUT2D eigenvalue weighted by Gasteiger charge is -2.32. The highest BCUT2D eigenvalue weighted by atomic mass is 16.5. The Balaban J connectivity index is 1.75. The largest absolute Gasteiger partial charge is 0.384 e. The second kappa shape index (κ2) is 10.3. The second-order valence-corrected chi connectivity index (χ2v) is 8.74. The molecule has 1 fully saturated rings. The number of nitrogens with one attached hydrogen (secondary N) is 1. The molecule has 0 radical (unpaired) electrons. The van der Waals surface area contributed by atoms with Gasteiger partial charge in [-0.3, -0.25) is 19.2 Å². The van der Waals surface area contributed by atoms with Gasteiger partial charge >= 0.3 is 5.69 Å². The lowest BCUT2D eigenvalue weighted by molar-refractivity contribution is 0.0856. The Morgan fingerprint density at radius 2 is 1.97 bits per heavy atom. The van der Waals surface area contributed by atoms with E-state index in [1.54, 1.807) is 11.7 Å². The van der Waals surface area contributed by atoms with Crippen LogP contribution in [0.15, 0.2) is 39.9 Å². The normalized spacial score (nSPS) is 17.2. The van der Waals surface area contributed by atoms with E-state index < -0.39 is 5.69 Å². The Morgan fingerprint density at radius 1 is 1.16 bits per heavy atom. The minimum absolute atomic E-state index is 0.361. The summed E-state index contributed by atoms with van der Waals surface area (Å²) in [6.45, 7) is 6.61. The van der Waals surface area contributed by atoms with E-state index in [1.165, 1.54) is 6.42 Å². The van der Waals surface area contributed by atoms with Crippen molar-refractivity contribution in [1.29, 1.82) is 0 Å². The van der Waals surface area contributed by atoms with Crippen molar-refractivity contribution in [3.63, 3.8) is 0 Å². The number of fused-ring (bicyclic) bond motifs is 1. The molecule has 1 aromatic carbocycles. The van der Waals surface area contributed by atoms with Gasteiger partial charge in [-0.15, -0.1) is 0 Å². The van der Waals surface area contributed by atoms with Gasteiger partial charge in [-0.05, 0) is 37.3 Å². The summed E-state index contributed by atoms with van der Waals surface area (Å²) in [6.07, 6.45) is 4.26. The van der Waals surface area contributed by atoms with Gasteiger partial charge in [0, 0.05) is 20.2 Å². The van der Waals surface area contributed by atoms with Crippen LogP contribution in [-0.4, -0.2) is 50.8 Å². The molecule has 4 rings (SSSR count). The number of piperidine rings is 1. The van der Waals surface area contributed by atoms with Crippen LogP contribution in [0.5, 0.6) is 0 Å². The van der Waals surface area contributed by atoms with Crippen LogP contribution in [0.25, 0.3) is 11.2 Å². The SMILES string of the molecule is CCCCn1c(CN2CCCC(COC)C2)nc2c1c(=O)[nH]c(=O)n2Cc1ccccc1. The van der Waals surface area contributed by atoms with Gasteiger partial charge in [-0.25, -0.2) is 9.78 Å². The summed E-state index contributed by atoms with van der Waals surface area (Å²) in [7, 11) is 1.75. The molecule has 3 aromatic rings. The van der Waals surface area contributed by atoms with Crippen molar-refractivity contribution in [3.8, 4) is 0 Å². The van der Waals surface area contributed by atoms with Crippen LogP contribution >= 0.6 is 0 Å². The van der Waals surface area contributed by atoms with Crippen LogP contribution < -0.4 is 11.2 Å². The van der Waals surface area contributed by atoms with Crippen molar-refractivity contribution in [1.82, 2.24) is 24.0 Å². The summed E-state index contributed by atoms with van der Waals surface area (Å²) in [4.78, 5) is 35.4. The summed E-state index contributed by atoms with van der Waals surface area (Å²) in [5.74, 6) is 1.37. The number of nitrogens with zero attached hydrogens (tertiary/aromatic N) is 4. The van der Waals surface area contributed by atoms with Gasteiger partial charge in [0.15, 0.2) is 11.2 Å². The highest BCUT2D eigenvalue weighted by molar-refractivity contribution is 5.71. The zero-order valence-electron chi connectivity index (χ0n) is 19.0. The molecule has 0 spiro atoms. The smallest absolute Gasteiger partial charge is 0.330 e. The summed E-state index contributed by atoms with van der Waals surface area (Å²) in [6, 6.07) is 9.79. The molecule has 0 amide bonds. The van der Waals surface area contributed by atoms with Crippen molar-refractivity contribution in [3.05, 3.63) is 62.6 Å². The van der Waals surface area contributed by atoms with Crippen LogP contribution in [0.2, 0.25) is 0 Å². The second-order valence-electron chi connectivity index (χ2n) is 8.74. The monoisotopic (exact) mass is 439 g/mol. The molecule has 32 heavy (non-hydrogen) atoms. The average molecular weight is 440 g/mol. The third kappa shape index (κ3) is 4.86. The van der Waals surface area contributed by atoms with Crippen LogP contribution in [0.1, 0.15) is 44.0 Å². The quantitative estimate of drug-likeness (QED) is 0.554. The third-order valence-electron chi connectivity index (χ3n) is 6.25. The van der Waals surface area contributed by atoms with Gasteiger partial charge < -0.3 is 9.30 Å². The maximum Gasteiger partial charge on any atom is 0.330 e. The van der Waals surface area contributed by atoms with Gasteiger partial charge in [0.2, 0.25) is 0 Å². The molecule has 3 heterocycles. The Labute approximate surface area is 187 Å². The molecule has 1 unspecified atom stereocenters. The maximum atomic E-state index is 12.9. The number of methoxy groups -OCH3 is 1. The lowest BCUT2D eigenvalue weighted by atomic mass is 9.99. The van der Waals surface area contributed by atoms with Crippen LogP contribution in [-0.2, 0) is 24.4 Å². The molecule has 1 aliphatic rings. The molecule has 0 saturated carbocycles. The number of ether oxygens (including phenoxy) is 1. The van der Waals surface area contributed by atoms with E-state index in [0.29, 0.717) is 36.7 Å². The molecular formula is C24H33N5O3. The Kier molecular flexibility index (Phi) is 7.22. The molecule has 1 N–H and O–H groups in total. The molecule has 0 aliphatic carbocycles. The van der Waals surface area contributed by atoms with E-state index in [2.05, 4.69) is 16.8 Å². The summed E-state index contributed by atoms with van der Waals surface area (Å²) >= 11 is 0. The first-order valence-electron chi connectivity index (χ1n) is 11.6. The minimum Gasteiger partial charge on any atom is -0.384 e. The standard InChI is InChI=1S/C24H33N5O3/c1-3-4-13-28-20(16-27-12-8-11-19(14-27)17-32-2)25-22-21(28)23(30)26-24(31)29(22)15-18-9-6-5-7-10-18/h5-7,9-10,19H,3-4,8,11-17H2,1-2H3,(H,26,30,31). The Morgan fingerprint density at radius 3 is 2.72 bits per heavy atom. The van der Waals surface area contributed by atoms with E-state index in [1.807, 2.05) is 34.9 Å². The van der Waals surface area contributed by atoms with E-state index in [-0.39, 0.29) is 5.56 Å². The fraction of sp³-hybridized carbons (Fsp3) is 0.542. The van der Waals surface area contributed by atoms with Gasteiger partial charge in [0.25, 0.3) is 5.56 Å². The number of benzene rings is 1. The molecule has 2 aromatic heterocycles. The average Bonchev–Trinajstić information content (AvgIpc) is 3.14. The summed E-state index contributed by atoms with van der Waals surface area (Å²) in [5.41, 5.74) is 1.18. The number of rotatable bonds is 9. The molecule has 1 saturated heterocycles. The highest BCUT2D eigenvalue weighted by Gasteiger charge is 2.24. The number of aromatic nitrogens is 4. The van der Waals surface area contributed by atoms with Crippen LogP contribution in [0, 0.1) is 5.92 Å². The van der Waals surface area contributed by atoms with Crippen LogP contribution in [0.4, 0.5) is 0 Å². The number of hydrogen-bond donors (Lipinski definition) is 1. The van der Waals surface area contributed by atoms with E-state index in [4.69, 9.17) is 9.72 Å². The first-order valence-corrected chi connectivity index (χ1v) is 11.6. The third-order valence-corrected chi connectivity index (χ3v) is 6.25. The predicted octanol–water partition coefficient (Wildman–Crippen LogP) is 2.59. The topological polar surface area (TPSA) is 85.2 Å². The van der Waals surface area contributed by atoms with Crippen molar-refractivity contribution < 1.29 is 4.74 Å². The maximum absolute atomic E-state index is 12.9. The van der Waals surface area contributed by atoms with Crippen molar-refractivity contribution in [2.24, 2.45) is 5.92 Å². The zero-order chi connectivity index (χ0) is 22.5. The molecule has 1 aliphatic heterocycles. The zero-order valence-corrected chi connectivity index (χ0v) is 19.0. The number of hydrogen-bond acceptors (Lipinski definition) is 5. The molecule has 8 heteroatoms. The number of imidazole rings is 1. The number of likely N-dealkylation sites (tertiary alicyclic amines) is 1. The van der Waals surface area contributed by atoms with Gasteiger partial charge in [0.1, 0.15) is 5.82 Å². The van der Waals surface area contributed by atoms with E-state index in [9.17, 15) is 9.59 Å². The summed E-state index contributed by atoms with van der Waals surface area (Å²) < 4.78 is 8.99. The number of aromatic amines is 1. The minimum atomic E-state index is -0.420. The highest BCUT2D eigenvalue weighted by Crippen LogP contribution is 2.21. The number of H-pyrrole nitrogens is 1. The van der Waals surface area contributed by atoms with Crippen LogP contribution in [0.3, 0.4) is 0 Å². The number of aryl methyl sites for hydroxylation is 1. The van der Waals surface area contributed by atoms with Crippen molar-refractivity contribution in [2.75, 3.05) is 26.8 Å². The van der Waals surface area contributed by atoms with Gasteiger partial charge in [0.05, 0.1) is 19.7 Å². The first kappa shape index (κ1) is 22.5. The molecule has 8 nitrogen and oxygen atoms in total. The van der Waals surface area contributed by atoms with Gasteiger partial charge in [-0.1, -0.05) is 43.7 Å². The predicted molar refractivity (Wildman–Crippen MR) is 125 cm³/mol.